The average Bonchev–Trinajstić information content (AvgIpc) is 3.65. The van der Waals surface area contributed by atoms with Crippen molar-refractivity contribution in [2.45, 2.75) is 0 Å². The van der Waals surface area contributed by atoms with Crippen LogP contribution in [0.3, 0.4) is 0 Å². The first-order valence-corrected chi connectivity index (χ1v) is 13.0. The maximum Gasteiger partial charge on any atom is 0.179 e. The van der Waals surface area contributed by atoms with Crippen LogP contribution >= 0.6 is 0 Å². The Morgan fingerprint density at radius 1 is 0.462 bits per heavy atom. The summed E-state index contributed by atoms with van der Waals surface area (Å²) >= 11 is 0. The molecular formula is C34H20N4O. The summed E-state index contributed by atoms with van der Waals surface area (Å²) in [5, 5.41) is 4.85. The number of hydrogen-bond acceptors (Lipinski definition) is 3. The molecule has 182 valence electrons. The summed E-state index contributed by atoms with van der Waals surface area (Å²) in [6.45, 7) is 0. The Kier molecular flexibility index (Phi) is 3.99. The Labute approximate surface area is 222 Å². The molecule has 39 heavy (non-hydrogen) atoms. The molecule has 9 rings (SSSR count). The molecule has 9 aromatic rings. The second kappa shape index (κ2) is 7.55. The minimum Gasteiger partial charge on any atom is -0.450 e. The van der Waals surface area contributed by atoms with Crippen molar-refractivity contribution >= 4 is 65.8 Å². The van der Waals surface area contributed by atoms with E-state index in [9.17, 15) is 0 Å². The van der Waals surface area contributed by atoms with Crippen LogP contribution in [0.4, 0.5) is 0 Å². The quantitative estimate of drug-likeness (QED) is 0.239. The summed E-state index contributed by atoms with van der Waals surface area (Å²) in [5.74, 6) is 0. The van der Waals surface area contributed by atoms with E-state index in [1.807, 2.05) is 24.4 Å². The normalized spacial score (nSPS) is 12.1. The van der Waals surface area contributed by atoms with Crippen molar-refractivity contribution in [1.29, 1.82) is 0 Å². The first kappa shape index (κ1) is 20.6. The van der Waals surface area contributed by atoms with E-state index in [1.54, 1.807) is 6.20 Å². The lowest BCUT2D eigenvalue weighted by atomic mass is 10.1. The van der Waals surface area contributed by atoms with Crippen molar-refractivity contribution in [2.75, 3.05) is 0 Å². The van der Waals surface area contributed by atoms with Gasteiger partial charge in [-0.1, -0.05) is 66.7 Å². The largest absolute Gasteiger partial charge is 0.450 e. The summed E-state index contributed by atoms with van der Waals surface area (Å²) in [7, 11) is 0. The SMILES string of the molecule is c1cnc2c(c1)oc1c(-n3c4ccccc4c4cccc(-n5c6ccccc6c6ccccc65)c43)ccnc12. The van der Waals surface area contributed by atoms with Crippen LogP contribution in [0.2, 0.25) is 0 Å². The van der Waals surface area contributed by atoms with E-state index < -0.39 is 0 Å². The van der Waals surface area contributed by atoms with E-state index in [4.69, 9.17) is 4.42 Å². The molecule has 5 nitrogen and oxygen atoms in total. The lowest BCUT2D eigenvalue weighted by Gasteiger charge is -2.14. The van der Waals surface area contributed by atoms with Crippen LogP contribution in [0.1, 0.15) is 0 Å². The maximum absolute atomic E-state index is 6.42. The fraction of sp³-hybridized carbons (Fsp3) is 0. The Morgan fingerprint density at radius 3 is 1.82 bits per heavy atom. The molecule has 0 atom stereocenters. The first-order chi connectivity index (χ1) is 19.4. The van der Waals surface area contributed by atoms with E-state index in [0.29, 0.717) is 0 Å². The van der Waals surface area contributed by atoms with Gasteiger partial charge in [0.25, 0.3) is 0 Å². The molecule has 0 saturated carbocycles. The fourth-order valence-corrected chi connectivity index (χ4v) is 6.26. The third-order valence-corrected chi connectivity index (χ3v) is 7.83. The number of pyridine rings is 2. The van der Waals surface area contributed by atoms with Gasteiger partial charge >= 0.3 is 0 Å². The molecule has 0 radical (unpaired) electrons. The second-order valence-electron chi connectivity index (χ2n) is 9.86. The Bertz CT molecular complexity index is 2350. The van der Waals surface area contributed by atoms with Crippen LogP contribution in [-0.2, 0) is 0 Å². The lowest BCUT2D eigenvalue weighted by Crippen LogP contribution is -2.01. The molecule has 0 unspecified atom stereocenters. The molecule has 5 aromatic heterocycles. The number of aromatic nitrogens is 4. The highest BCUT2D eigenvalue weighted by molar-refractivity contribution is 6.16. The molecule has 0 aliphatic rings. The Morgan fingerprint density at radius 2 is 1.08 bits per heavy atom. The monoisotopic (exact) mass is 500 g/mol. The third kappa shape index (κ3) is 2.68. The molecule has 0 aliphatic heterocycles. The summed E-state index contributed by atoms with van der Waals surface area (Å²) in [6, 6.07) is 38.3. The van der Waals surface area contributed by atoms with Crippen LogP contribution in [-0.4, -0.2) is 19.1 Å². The molecule has 5 heterocycles. The van der Waals surface area contributed by atoms with Gasteiger partial charge in [-0.15, -0.1) is 0 Å². The number of furan rings is 1. The van der Waals surface area contributed by atoms with Gasteiger partial charge in [0, 0.05) is 33.9 Å². The first-order valence-electron chi connectivity index (χ1n) is 13.0. The van der Waals surface area contributed by atoms with E-state index in [2.05, 4.69) is 110 Å². The zero-order valence-corrected chi connectivity index (χ0v) is 20.7. The highest BCUT2D eigenvalue weighted by atomic mass is 16.3. The highest BCUT2D eigenvalue weighted by Crippen LogP contribution is 2.41. The summed E-state index contributed by atoms with van der Waals surface area (Å²) in [4.78, 5) is 9.25. The van der Waals surface area contributed by atoms with Gasteiger partial charge in [-0.25, -0.2) is 0 Å². The van der Waals surface area contributed by atoms with Crippen molar-refractivity contribution in [3.63, 3.8) is 0 Å². The Hall–Kier alpha value is -5.42. The van der Waals surface area contributed by atoms with Crippen molar-refractivity contribution < 1.29 is 4.42 Å². The van der Waals surface area contributed by atoms with E-state index >= 15 is 0 Å². The summed E-state index contributed by atoms with van der Waals surface area (Å²) < 4.78 is 11.1. The standard InChI is InChI=1S/C34H20N4O/c1-4-13-25-21(9-1)22-10-2-5-14-26(22)37(25)28-16-7-12-24-23-11-3-6-15-27(23)38(33(24)28)29-18-20-36-32-31-30(39-34(29)32)17-8-19-35-31/h1-20H. The number of para-hydroxylation sites is 4. The van der Waals surface area contributed by atoms with Crippen molar-refractivity contribution in [3.05, 3.63) is 122 Å². The molecule has 5 heteroatoms. The van der Waals surface area contributed by atoms with Gasteiger partial charge in [0.05, 0.1) is 33.4 Å². The predicted octanol–water partition coefficient (Wildman–Crippen LogP) is 8.57. The van der Waals surface area contributed by atoms with Gasteiger partial charge in [-0.2, -0.15) is 0 Å². The summed E-state index contributed by atoms with van der Waals surface area (Å²) in [5.41, 5.74) is 9.64. The number of hydrogen-bond donors (Lipinski definition) is 0. The Balaban J connectivity index is 1.50. The number of benzene rings is 4. The van der Waals surface area contributed by atoms with Crippen LogP contribution in [0.5, 0.6) is 0 Å². The smallest absolute Gasteiger partial charge is 0.179 e. The van der Waals surface area contributed by atoms with Crippen LogP contribution < -0.4 is 0 Å². The predicted molar refractivity (Wildman–Crippen MR) is 158 cm³/mol. The molecule has 0 N–H and O–H groups in total. The van der Waals surface area contributed by atoms with Crippen molar-refractivity contribution in [3.8, 4) is 11.4 Å². The number of rotatable bonds is 2. The average molecular weight is 501 g/mol. The topological polar surface area (TPSA) is 48.8 Å². The number of fused-ring (bicyclic) bond motifs is 9. The maximum atomic E-state index is 6.42. The van der Waals surface area contributed by atoms with E-state index in [1.165, 1.54) is 32.6 Å². The van der Waals surface area contributed by atoms with Gasteiger partial charge in [-0.05, 0) is 42.5 Å². The highest BCUT2D eigenvalue weighted by Gasteiger charge is 2.22. The minimum absolute atomic E-state index is 0.728. The second-order valence-corrected chi connectivity index (χ2v) is 9.86. The molecule has 4 aromatic carbocycles. The zero-order valence-electron chi connectivity index (χ0n) is 20.7. The van der Waals surface area contributed by atoms with Crippen molar-refractivity contribution in [1.82, 2.24) is 19.1 Å². The van der Waals surface area contributed by atoms with E-state index in [-0.39, 0.29) is 0 Å². The van der Waals surface area contributed by atoms with Crippen LogP contribution in [0.25, 0.3) is 77.2 Å². The van der Waals surface area contributed by atoms with Gasteiger partial charge in [0.1, 0.15) is 11.0 Å². The molecule has 0 bridgehead atoms. The molecule has 0 spiro atoms. The van der Waals surface area contributed by atoms with Gasteiger partial charge < -0.3 is 13.6 Å². The van der Waals surface area contributed by atoms with Gasteiger partial charge in [0.2, 0.25) is 0 Å². The summed E-state index contributed by atoms with van der Waals surface area (Å²) in [6.07, 6.45) is 3.64. The molecular weight excluding hydrogens is 480 g/mol. The lowest BCUT2D eigenvalue weighted by molar-refractivity contribution is 0.665. The van der Waals surface area contributed by atoms with Crippen LogP contribution in [0, 0.1) is 0 Å². The van der Waals surface area contributed by atoms with Crippen LogP contribution in [0.15, 0.2) is 126 Å². The van der Waals surface area contributed by atoms with Gasteiger partial charge in [-0.3, -0.25) is 9.97 Å². The number of nitrogens with zero attached hydrogens (tertiary/aromatic N) is 4. The molecule has 0 fully saturated rings. The zero-order chi connectivity index (χ0) is 25.5. The van der Waals surface area contributed by atoms with Crippen molar-refractivity contribution in [2.24, 2.45) is 0 Å². The minimum atomic E-state index is 0.728. The third-order valence-electron chi connectivity index (χ3n) is 7.83. The van der Waals surface area contributed by atoms with Gasteiger partial charge in [0.15, 0.2) is 11.2 Å². The van der Waals surface area contributed by atoms with E-state index in [0.717, 1.165) is 44.6 Å². The molecule has 0 aliphatic carbocycles. The molecule has 0 saturated heterocycles. The fourth-order valence-electron chi connectivity index (χ4n) is 6.26. The molecule has 0 amide bonds.